The maximum absolute atomic E-state index is 11.9. The molecular formula is C17H22N2O4. The molecule has 0 atom stereocenters. The number of ether oxygens (including phenoxy) is 2. The van der Waals surface area contributed by atoms with Crippen LogP contribution in [0.1, 0.15) is 43.7 Å². The van der Waals surface area contributed by atoms with Crippen molar-refractivity contribution in [1.29, 1.82) is 0 Å². The summed E-state index contributed by atoms with van der Waals surface area (Å²) in [4.78, 5) is 26.7. The van der Waals surface area contributed by atoms with Gasteiger partial charge in [0.1, 0.15) is 11.3 Å². The van der Waals surface area contributed by atoms with Crippen LogP contribution in [0.25, 0.3) is 10.9 Å². The number of benzene rings is 1. The number of H-pyrrole nitrogens is 1. The quantitative estimate of drug-likeness (QED) is 0.838. The van der Waals surface area contributed by atoms with Crippen LogP contribution < -0.4 is 5.32 Å². The van der Waals surface area contributed by atoms with Crippen LogP contribution in [-0.2, 0) is 9.47 Å². The molecule has 2 rings (SSSR count). The Bertz CT molecular complexity index is 741. The van der Waals surface area contributed by atoms with E-state index in [2.05, 4.69) is 10.3 Å². The van der Waals surface area contributed by atoms with Crippen molar-refractivity contribution in [2.45, 2.75) is 40.2 Å². The lowest BCUT2D eigenvalue weighted by molar-refractivity contribution is 0.0519. The predicted octanol–water partition coefficient (Wildman–Crippen LogP) is 4.00. The Kier molecular flexibility index (Phi) is 4.63. The summed E-state index contributed by atoms with van der Waals surface area (Å²) in [5, 5.41) is 3.58. The molecular weight excluding hydrogens is 296 g/mol. The molecule has 2 N–H and O–H groups in total. The molecule has 0 aliphatic rings. The van der Waals surface area contributed by atoms with E-state index in [1.54, 1.807) is 45.9 Å². The molecule has 0 unspecified atom stereocenters. The number of nitrogens with one attached hydrogen (secondary N) is 2. The first kappa shape index (κ1) is 16.9. The summed E-state index contributed by atoms with van der Waals surface area (Å²) < 4.78 is 10.2. The SMILES string of the molecule is CCOC(=O)c1cc2c(C)c(NC(=O)OC(C)(C)C)ccc2[nH]1. The predicted molar refractivity (Wildman–Crippen MR) is 88.8 cm³/mol. The van der Waals surface area contributed by atoms with E-state index in [0.29, 0.717) is 18.0 Å². The highest BCUT2D eigenvalue weighted by molar-refractivity contribution is 5.99. The lowest BCUT2D eigenvalue weighted by atomic mass is 10.1. The van der Waals surface area contributed by atoms with E-state index in [1.807, 2.05) is 6.92 Å². The monoisotopic (exact) mass is 318 g/mol. The third kappa shape index (κ3) is 4.03. The Morgan fingerprint density at radius 1 is 1.26 bits per heavy atom. The minimum atomic E-state index is -0.562. The number of amides is 1. The minimum absolute atomic E-state index is 0.318. The minimum Gasteiger partial charge on any atom is -0.461 e. The first-order valence-corrected chi connectivity index (χ1v) is 7.50. The number of anilines is 1. The van der Waals surface area contributed by atoms with Gasteiger partial charge in [0.25, 0.3) is 0 Å². The average molecular weight is 318 g/mol. The number of fused-ring (bicyclic) bond motifs is 1. The highest BCUT2D eigenvalue weighted by Crippen LogP contribution is 2.27. The highest BCUT2D eigenvalue weighted by Gasteiger charge is 2.18. The number of aromatic nitrogens is 1. The summed E-state index contributed by atoms with van der Waals surface area (Å²) in [7, 11) is 0. The molecule has 6 heteroatoms. The first-order chi connectivity index (χ1) is 10.7. The van der Waals surface area contributed by atoms with Gasteiger partial charge in [-0.2, -0.15) is 0 Å². The van der Waals surface area contributed by atoms with E-state index in [0.717, 1.165) is 16.5 Å². The highest BCUT2D eigenvalue weighted by atomic mass is 16.6. The van der Waals surface area contributed by atoms with Crippen molar-refractivity contribution in [3.63, 3.8) is 0 Å². The number of rotatable bonds is 3. The summed E-state index contributed by atoms with van der Waals surface area (Å²) in [5.41, 5.74) is 2.12. The summed E-state index contributed by atoms with van der Waals surface area (Å²) in [6, 6.07) is 5.30. The van der Waals surface area contributed by atoms with Gasteiger partial charge < -0.3 is 14.5 Å². The number of aryl methyl sites for hydroxylation is 1. The van der Waals surface area contributed by atoms with Gasteiger partial charge in [0.15, 0.2) is 0 Å². The number of hydrogen-bond acceptors (Lipinski definition) is 4. The molecule has 23 heavy (non-hydrogen) atoms. The fourth-order valence-corrected chi connectivity index (χ4v) is 2.22. The van der Waals surface area contributed by atoms with Gasteiger partial charge in [0.05, 0.1) is 6.61 Å². The molecule has 1 aromatic carbocycles. The maximum atomic E-state index is 11.9. The van der Waals surface area contributed by atoms with Crippen molar-refractivity contribution >= 4 is 28.7 Å². The van der Waals surface area contributed by atoms with Crippen molar-refractivity contribution in [3.8, 4) is 0 Å². The average Bonchev–Trinajstić information content (AvgIpc) is 2.85. The van der Waals surface area contributed by atoms with Crippen LogP contribution in [0.2, 0.25) is 0 Å². The van der Waals surface area contributed by atoms with Crippen LogP contribution in [0.5, 0.6) is 0 Å². The number of hydrogen-bond donors (Lipinski definition) is 2. The van der Waals surface area contributed by atoms with Crippen molar-refractivity contribution < 1.29 is 19.1 Å². The zero-order valence-electron chi connectivity index (χ0n) is 14.1. The Labute approximate surface area is 135 Å². The normalized spacial score (nSPS) is 11.3. The Balaban J connectivity index is 2.28. The standard InChI is InChI=1S/C17H22N2O4/c1-6-22-15(20)14-9-11-10(2)12(7-8-13(11)18-14)19-16(21)23-17(3,4)5/h7-9,18H,6H2,1-5H3,(H,19,21). The molecule has 0 bridgehead atoms. The van der Waals surface area contributed by atoms with Gasteiger partial charge in [-0.25, -0.2) is 9.59 Å². The molecule has 0 saturated carbocycles. The lowest BCUT2D eigenvalue weighted by Crippen LogP contribution is -2.27. The number of aromatic amines is 1. The van der Waals surface area contributed by atoms with Gasteiger partial charge in [0, 0.05) is 16.6 Å². The van der Waals surface area contributed by atoms with Crippen molar-refractivity contribution in [3.05, 3.63) is 29.5 Å². The molecule has 124 valence electrons. The van der Waals surface area contributed by atoms with Crippen molar-refractivity contribution in [2.75, 3.05) is 11.9 Å². The van der Waals surface area contributed by atoms with E-state index in [-0.39, 0.29) is 0 Å². The van der Waals surface area contributed by atoms with E-state index in [4.69, 9.17) is 9.47 Å². The van der Waals surface area contributed by atoms with Crippen LogP contribution >= 0.6 is 0 Å². The van der Waals surface area contributed by atoms with E-state index in [1.165, 1.54) is 0 Å². The molecule has 1 amide bonds. The fourth-order valence-electron chi connectivity index (χ4n) is 2.22. The molecule has 6 nitrogen and oxygen atoms in total. The van der Waals surface area contributed by atoms with E-state index >= 15 is 0 Å². The Hall–Kier alpha value is -2.50. The van der Waals surface area contributed by atoms with Crippen LogP contribution in [-0.4, -0.2) is 29.3 Å². The molecule has 0 saturated heterocycles. The van der Waals surface area contributed by atoms with Gasteiger partial charge in [0.2, 0.25) is 0 Å². The molecule has 0 aliphatic carbocycles. The third-order valence-corrected chi connectivity index (χ3v) is 3.20. The van der Waals surface area contributed by atoms with Gasteiger partial charge in [-0.15, -0.1) is 0 Å². The van der Waals surface area contributed by atoms with Gasteiger partial charge in [-0.05, 0) is 58.4 Å². The zero-order valence-corrected chi connectivity index (χ0v) is 14.1. The smallest absolute Gasteiger partial charge is 0.412 e. The summed E-state index contributed by atoms with van der Waals surface area (Å²) >= 11 is 0. The van der Waals surface area contributed by atoms with E-state index < -0.39 is 17.7 Å². The summed E-state index contributed by atoms with van der Waals surface area (Å²) in [5.74, 6) is -0.398. The summed E-state index contributed by atoms with van der Waals surface area (Å²) in [6.45, 7) is 9.37. The Morgan fingerprint density at radius 2 is 1.96 bits per heavy atom. The number of carbonyl (C=O) groups excluding carboxylic acids is 2. The maximum Gasteiger partial charge on any atom is 0.412 e. The van der Waals surface area contributed by atoms with Gasteiger partial charge in [-0.1, -0.05) is 0 Å². The third-order valence-electron chi connectivity index (χ3n) is 3.20. The molecule has 0 spiro atoms. The van der Waals surface area contributed by atoms with Crippen LogP contribution in [0.4, 0.5) is 10.5 Å². The molecule has 2 aromatic rings. The number of carbonyl (C=O) groups is 2. The molecule has 1 heterocycles. The largest absolute Gasteiger partial charge is 0.461 e. The van der Waals surface area contributed by atoms with E-state index in [9.17, 15) is 9.59 Å². The second-order valence-corrected chi connectivity index (χ2v) is 6.23. The first-order valence-electron chi connectivity index (χ1n) is 7.50. The zero-order chi connectivity index (χ0) is 17.2. The molecule has 1 aromatic heterocycles. The fraction of sp³-hybridized carbons (Fsp3) is 0.412. The lowest BCUT2D eigenvalue weighted by Gasteiger charge is -2.20. The Morgan fingerprint density at radius 3 is 2.57 bits per heavy atom. The van der Waals surface area contributed by atoms with Crippen LogP contribution in [0.3, 0.4) is 0 Å². The van der Waals surface area contributed by atoms with Crippen LogP contribution in [0, 0.1) is 6.92 Å². The van der Waals surface area contributed by atoms with Crippen LogP contribution in [0.15, 0.2) is 18.2 Å². The van der Waals surface area contributed by atoms with Crippen molar-refractivity contribution in [2.24, 2.45) is 0 Å². The molecule has 0 fully saturated rings. The second-order valence-electron chi connectivity index (χ2n) is 6.23. The van der Waals surface area contributed by atoms with Gasteiger partial charge in [-0.3, -0.25) is 5.32 Å². The molecule has 0 aliphatic heterocycles. The number of esters is 1. The summed E-state index contributed by atoms with van der Waals surface area (Å²) in [6.07, 6.45) is -0.513. The van der Waals surface area contributed by atoms with Crippen molar-refractivity contribution in [1.82, 2.24) is 4.98 Å². The molecule has 0 radical (unpaired) electrons. The van der Waals surface area contributed by atoms with Gasteiger partial charge >= 0.3 is 12.1 Å². The topological polar surface area (TPSA) is 80.4 Å². The second kappa shape index (κ2) is 6.32.